The third-order valence-electron chi connectivity index (χ3n) is 5.90. The number of Topliss-reactive ketones (excluding diaryl/α,β-unsaturated/α-hetero) is 1. The summed E-state index contributed by atoms with van der Waals surface area (Å²) in [5, 5.41) is 20.3. The molecule has 1 aliphatic carbocycles. The molecule has 1 aliphatic heterocycles. The average molecular weight is 433 g/mol. The number of ketones is 1. The molecule has 31 heavy (non-hydrogen) atoms. The number of allylic oxidation sites excluding steroid dienone is 5. The summed E-state index contributed by atoms with van der Waals surface area (Å²) in [4.78, 5) is 25.1. The fourth-order valence-corrected chi connectivity index (χ4v) is 3.78. The predicted octanol–water partition coefficient (Wildman–Crippen LogP) is 3.58. The number of carbonyl (C=O) groups excluding carboxylic acids is 2. The molecule has 0 aromatic carbocycles. The van der Waals surface area contributed by atoms with Gasteiger partial charge in [0.05, 0.1) is 6.61 Å². The Kier molecular flexibility index (Phi) is 8.20. The van der Waals surface area contributed by atoms with Crippen molar-refractivity contribution in [2.45, 2.75) is 84.7 Å². The number of aliphatic hydroxyl groups excluding tert-OH is 2. The zero-order chi connectivity index (χ0) is 23.4. The van der Waals surface area contributed by atoms with Gasteiger partial charge in [-0.15, -0.1) is 0 Å². The maximum absolute atomic E-state index is 12.8. The fraction of sp³-hybridized carbons (Fsp3) is 0.600. The SMILES string of the molecule is CC(C)=CCC[C@]1(C)/C=C/[C@@H](OC(=O)C=C(C)C)[C@]2(C)O[C@@H]2[C@H](O)C(=O)/C(CO)=C\C1. The van der Waals surface area contributed by atoms with Crippen LogP contribution in [0.15, 0.2) is 47.1 Å². The lowest BCUT2D eigenvalue weighted by Crippen LogP contribution is -2.39. The van der Waals surface area contributed by atoms with Crippen LogP contribution in [-0.4, -0.2) is 52.5 Å². The van der Waals surface area contributed by atoms with E-state index in [1.807, 2.05) is 26.0 Å². The van der Waals surface area contributed by atoms with Crippen molar-refractivity contribution in [1.82, 2.24) is 0 Å². The largest absolute Gasteiger partial charge is 0.452 e. The van der Waals surface area contributed by atoms with Gasteiger partial charge in [0, 0.05) is 11.6 Å². The van der Waals surface area contributed by atoms with Crippen LogP contribution in [0.4, 0.5) is 0 Å². The van der Waals surface area contributed by atoms with E-state index in [0.717, 1.165) is 18.4 Å². The topological polar surface area (TPSA) is 96.4 Å². The summed E-state index contributed by atoms with van der Waals surface area (Å²) in [6, 6.07) is 0. The summed E-state index contributed by atoms with van der Waals surface area (Å²) in [6.45, 7) is 11.0. The van der Waals surface area contributed by atoms with Gasteiger partial charge in [0.15, 0.2) is 11.9 Å². The van der Waals surface area contributed by atoms with Crippen LogP contribution in [-0.2, 0) is 19.1 Å². The number of hydrogen-bond donors (Lipinski definition) is 2. The van der Waals surface area contributed by atoms with E-state index in [2.05, 4.69) is 13.0 Å². The number of aliphatic hydroxyl groups is 2. The molecule has 0 radical (unpaired) electrons. The molecule has 0 aromatic heterocycles. The van der Waals surface area contributed by atoms with E-state index < -0.39 is 42.3 Å². The second-order valence-corrected chi connectivity index (χ2v) is 9.54. The van der Waals surface area contributed by atoms with Crippen molar-refractivity contribution in [1.29, 1.82) is 0 Å². The van der Waals surface area contributed by atoms with Gasteiger partial charge in [-0.25, -0.2) is 4.79 Å². The second-order valence-electron chi connectivity index (χ2n) is 9.54. The van der Waals surface area contributed by atoms with E-state index >= 15 is 0 Å². The van der Waals surface area contributed by atoms with Crippen LogP contribution < -0.4 is 0 Å². The monoisotopic (exact) mass is 432 g/mol. The van der Waals surface area contributed by atoms with E-state index in [1.54, 1.807) is 26.8 Å². The van der Waals surface area contributed by atoms with Gasteiger partial charge >= 0.3 is 5.97 Å². The molecule has 6 nitrogen and oxygen atoms in total. The van der Waals surface area contributed by atoms with Gasteiger partial charge in [-0.1, -0.05) is 36.3 Å². The Hall–Kier alpha value is -2.02. The highest BCUT2D eigenvalue weighted by molar-refractivity contribution is 5.99. The average Bonchev–Trinajstić information content (AvgIpc) is 3.36. The molecule has 0 unspecified atom stereocenters. The quantitative estimate of drug-likeness (QED) is 0.288. The van der Waals surface area contributed by atoms with Crippen molar-refractivity contribution in [2.75, 3.05) is 6.61 Å². The summed E-state index contributed by atoms with van der Waals surface area (Å²) in [7, 11) is 0. The molecule has 0 bridgehead atoms. The van der Waals surface area contributed by atoms with Crippen molar-refractivity contribution in [3.8, 4) is 0 Å². The molecule has 1 fully saturated rings. The zero-order valence-electron chi connectivity index (χ0n) is 19.5. The summed E-state index contributed by atoms with van der Waals surface area (Å²) in [6.07, 6.45) is 8.22. The molecule has 5 atom stereocenters. The Morgan fingerprint density at radius 3 is 2.52 bits per heavy atom. The highest BCUT2D eigenvalue weighted by Gasteiger charge is 2.63. The minimum atomic E-state index is -1.43. The Morgan fingerprint density at radius 2 is 1.94 bits per heavy atom. The van der Waals surface area contributed by atoms with Gasteiger partial charge in [0.1, 0.15) is 17.8 Å². The highest BCUT2D eigenvalue weighted by Crippen LogP contribution is 2.45. The summed E-state index contributed by atoms with van der Waals surface area (Å²) in [5.74, 6) is -1.06. The van der Waals surface area contributed by atoms with E-state index in [-0.39, 0.29) is 11.0 Å². The van der Waals surface area contributed by atoms with E-state index in [4.69, 9.17) is 9.47 Å². The minimum absolute atomic E-state index is 0.173. The van der Waals surface area contributed by atoms with Crippen LogP contribution in [0, 0.1) is 5.41 Å². The van der Waals surface area contributed by atoms with Crippen molar-refractivity contribution >= 4 is 11.8 Å². The van der Waals surface area contributed by atoms with Gasteiger partial charge in [-0.3, -0.25) is 4.79 Å². The first-order valence-electron chi connectivity index (χ1n) is 10.8. The number of esters is 1. The van der Waals surface area contributed by atoms with Gasteiger partial charge < -0.3 is 19.7 Å². The molecule has 6 heteroatoms. The molecule has 2 aliphatic rings. The molecular weight excluding hydrogens is 396 g/mol. The third-order valence-corrected chi connectivity index (χ3v) is 5.90. The van der Waals surface area contributed by atoms with Crippen LogP contribution >= 0.6 is 0 Å². The van der Waals surface area contributed by atoms with Crippen molar-refractivity contribution in [3.63, 3.8) is 0 Å². The molecule has 0 aromatic rings. The molecule has 1 heterocycles. The Labute approximate surface area is 185 Å². The first kappa shape index (κ1) is 25.2. The zero-order valence-corrected chi connectivity index (χ0v) is 19.5. The highest BCUT2D eigenvalue weighted by atomic mass is 16.7. The van der Waals surface area contributed by atoms with Gasteiger partial charge in [0.25, 0.3) is 0 Å². The van der Waals surface area contributed by atoms with Gasteiger partial charge in [0.2, 0.25) is 0 Å². The second kappa shape index (κ2) is 10.1. The van der Waals surface area contributed by atoms with Crippen LogP contribution in [0.2, 0.25) is 0 Å². The van der Waals surface area contributed by atoms with Crippen LogP contribution in [0.25, 0.3) is 0 Å². The standard InChI is InChI=1S/C25H36O6/c1-16(2)8-7-11-24(5)12-9-18(15-26)21(28)22(29)23-25(6,31-23)19(10-13-24)30-20(27)14-17(3)4/h8-10,13-14,19,22-23,26,29H,7,11-12,15H2,1-6H3/b13-10+,18-9-/t19-,22-,23-,24+,25+/m1/s1. The predicted molar refractivity (Wildman–Crippen MR) is 119 cm³/mol. The van der Waals surface area contributed by atoms with Gasteiger partial charge in [-0.05, 0) is 65.4 Å². The fourth-order valence-electron chi connectivity index (χ4n) is 3.78. The molecule has 1 saturated heterocycles. The van der Waals surface area contributed by atoms with Crippen LogP contribution in [0.5, 0.6) is 0 Å². The first-order chi connectivity index (χ1) is 14.4. The number of hydrogen-bond acceptors (Lipinski definition) is 6. The Morgan fingerprint density at radius 1 is 1.26 bits per heavy atom. The maximum Gasteiger partial charge on any atom is 0.331 e. The number of ether oxygens (including phenoxy) is 2. The maximum atomic E-state index is 12.8. The molecule has 0 amide bonds. The van der Waals surface area contributed by atoms with Gasteiger partial charge in [-0.2, -0.15) is 0 Å². The van der Waals surface area contributed by atoms with Crippen molar-refractivity contribution in [2.24, 2.45) is 5.41 Å². The molecule has 0 saturated carbocycles. The summed E-state index contributed by atoms with van der Waals surface area (Å²) >= 11 is 0. The van der Waals surface area contributed by atoms with E-state index in [9.17, 15) is 19.8 Å². The normalized spacial score (nSPS) is 35.5. The van der Waals surface area contributed by atoms with Crippen molar-refractivity contribution in [3.05, 3.63) is 47.1 Å². The molecular formula is C25H36O6. The summed E-state index contributed by atoms with van der Waals surface area (Å²) in [5.41, 5.74) is 0.839. The lowest BCUT2D eigenvalue weighted by molar-refractivity contribution is -0.143. The Balaban J connectivity index is 2.43. The van der Waals surface area contributed by atoms with Crippen LogP contribution in [0.1, 0.15) is 60.8 Å². The number of rotatable bonds is 6. The first-order valence-corrected chi connectivity index (χ1v) is 10.8. The van der Waals surface area contributed by atoms with E-state index in [1.165, 1.54) is 11.6 Å². The molecule has 2 rings (SSSR count). The van der Waals surface area contributed by atoms with Crippen LogP contribution in [0.3, 0.4) is 0 Å². The Bertz CT molecular complexity index is 812. The number of carbonyl (C=O) groups is 2. The minimum Gasteiger partial charge on any atom is -0.452 e. The van der Waals surface area contributed by atoms with E-state index in [0.29, 0.717) is 6.42 Å². The number of epoxide rings is 1. The molecule has 0 spiro atoms. The molecule has 172 valence electrons. The molecule has 2 N–H and O–H groups in total. The van der Waals surface area contributed by atoms with Crippen molar-refractivity contribution < 1.29 is 29.3 Å². The third kappa shape index (κ3) is 6.48. The smallest absolute Gasteiger partial charge is 0.331 e. The number of fused-ring (bicyclic) bond motifs is 1. The summed E-state index contributed by atoms with van der Waals surface area (Å²) < 4.78 is 11.4. The lowest BCUT2D eigenvalue weighted by Gasteiger charge is -2.26. The lowest BCUT2D eigenvalue weighted by atomic mass is 9.80.